The van der Waals surface area contributed by atoms with Crippen molar-refractivity contribution in [2.24, 2.45) is 0 Å². The van der Waals surface area contributed by atoms with Crippen LogP contribution in [0, 0.1) is 0 Å². The Morgan fingerprint density at radius 2 is 0.706 bits per heavy atom. The van der Waals surface area contributed by atoms with Crippen molar-refractivity contribution in [3.05, 3.63) is 0 Å². The number of aliphatic carboxylic acids is 6. The first-order valence-electron chi connectivity index (χ1n) is 23.3. The standard InChI is InChI=1S/C44H74N6O18/c1-3-68-28(2)46-29(40(58)59)16-14-15-27-45-34(51)23-19-30(41(60)61)48-36(53)25-21-32(43(64)65)50-38(55)26-22-33(44(66)67)49-37(54)24-20-31(42(62)63)47-35(52)17-12-10-8-6-4-5-7-9-11-13-18-39(56)57/h28-33,46H,3-27H2,1-2H3,(H,45,51)(H,47,52)(H,48,53)(H,49,54)(H,50,55)(H,56,57)(H,58,59)(H,60,61)(H,62,63)(H,64,65)(H,66,67)/t28?,29-,30-,31-,32-,33-/m0/s1. The maximum atomic E-state index is 12.6. The number of carboxylic acid groups (broad SMARTS) is 6. The van der Waals surface area contributed by atoms with Crippen molar-refractivity contribution < 1.29 is 88.1 Å². The second-order valence-corrected chi connectivity index (χ2v) is 16.4. The zero-order valence-corrected chi connectivity index (χ0v) is 39.2. The molecule has 0 aromatic rings. The van der Waals surface area contributed by atoms with E-state index in [1.807, 2.05) is 0 Å². The van der Waals surface area contributed by atoms with Gasteiger partial charge in [0.1, 0.15) is 36.4 Å². The third kappa shape index (κ3) is 32.7. The molecule has 0 saturated heterocycles. The van der Waals surface area contributed by atoms with E-state index in [2.05, 4.69) is 31.9 Å². The molecule has 0 aliphatic rings. The summed E-state index contributed by atoms with van der Waals surface area (Å²) in [5.74, 6) is -11.6. The highest BCUT2D eigenvalue weighted by Gasteiger charge is 2.28. The third-order valence-corrected chi connectivity index (χ3v) is 10.6. The first-order valence-corrected chi connectivity index (χ1v) is 23.3. The normalized spacial score (nSPS) is 13.6. The van der Waals surface area contributed by atoms with Crippen molar-refractivity contribution in [3.63, 3.8) is 0 Å². The molecule has 0 fully saturated rings. The Labute approximate surface area is 395 Å². The van der Waals surface area contributed by atoms with E-state index in [9.17, 15) is 78.3 Å². The summed E-state index contributed by atoms with van der Waals surface area (Å²) < 4.78 is 5.30. The van der Waals surface area contributed by atoms with Gasteiger partial charge in [0.15, 0.2) is 0 Å². The molecule has 0 heterocycles. The van der Waals surface area contributed by atoms with E-state index in [1.165, 1.54) is 0 Å². The Kier molecular flexibility index (Phi) is 33.9. The monoisotopic (exact) mass is 975 g/mol. The van der Waals surface area contributed by atoms with Gasteiger partial charge in [-0.3, -0.25) is 38.9 Å². The molecule has 1 unspecified atom stereocenters. The molecule has 0 spiro atoms. The van der Waals surface area contributed by atoms with Gasteiger partial charge in [0.2, 0.25) is 29.5 Å². The largest absolute Gasteiger partial charge is 0.481 e. The first kappa shape index (κ1) is 62.1. The average Bonchev–Trinajstić information content (AvgIpc) is 3.25. The molecule has 0 radical (unpaired) electrons. The van der Waals surface area contributed by atoms with Crippen LogP contribution in [0.15, 0.2) is 0 Å². The van der Waals surface area contributed by atoms with E-state index in [0.29, 0.717) is 32.3 Å². The lowest BCUT2D eigenvalue weighted by molar-refractivity contribution is -0.144. The van der Waals surface area contributed by atoms with Gasteiger partial charge in [0, 0.05) is 51.7 Å². The van der Waals surface area contributed by atoms with Gasteiger partial charge in [-0.2, -0.15) is 0 Å². The molecule has 0 aromatic carbocycles. The number of unbranched alkanes of at least 4 members (excludes halogenated alkanes) is 10. The number of carbonyl (C=O) groups excluding carboxylic acids is 5. The van der Waals surface area contributed by atoms with Crippen LogP contribution in [-0.4, -0.2) is 146 Å². The van der Waals surface area contributed by atoms with Gasteiger partial charge in [-0.15, -0.1) is 0 Å². The molecule has 0 aliphatic heterocycles. The molecule has 24 heteroatoms. The van der Waals surface area contributed by atoms with Gasteiger partial charge in [0.05, 0.1) is 0 Å². The molecule has 24 nitrogen and oxygen atoms in total. The van der Waals surface area contributed by atoms with E-state index < -0.39 is 134 Å². The second-order valence-electron chi connectivity index (χ2n) is 16.4. The minimum absolute atomic E-state index is 0.0732. The molecule has 68 heavy (non-hydrogen) atoms. The quantitative estimate of drug-likeness (QED) is 0.0306. The predicted octanol–water partition coefficient (Wildman–Crippen LogP) is 1.86. The van der Waals surface area contributed by atoms with Gasteiger partial charge < -0.3 is 62.0 Å². The molecule has 0 aliphatic carbocycles. The van der Waals surface area contributed by atoms with Crippen LogP contribution in [0.5, 0.6) is 0 Å². The van der Waals surface area contributed by atoms with Crippen LogP contribution in [0.1, 0.15) is 162 Å². The fraction of sp³-hybridized carbons (Fsp3) is 0.750. The summed E-state index contributed by atoms with van der Waals surface area (Å²) in [7, 11) is 0. The van der Waals surface area contributed by atoms with Crippen molar-refractivity contribution in [1.29, 1.82) is 0 Å². The van der Waals surface area contributed by atoms with E-state index >= 15 is 0 Å². The molecular weight excluding hydrogens is 901 g/mol. The van der Waals surface area contributed by atoms with Crippen molar-refractivity contribution in [3.8, 4) is 0 Å². The highest BCUT2D eigenvalue weighted by atomic mass is 16.5. The smallest absolute Gasteiger partial charge is 0.326 e. The van der Waals surface area contributed by atoms with Crippen molar-refractivity contribution in [1.82, 2.24) is 31.9 Å². The Morgan fingerprint density at radius 3 is 1.04 bits per heavy atom. The molecule has 0 bridgehead atoms. The minimum atomic E-state index is -1.65. The fourth-order valence-corrected chi connectivity index (χ4v) is 6.82. The van der Waals surface area contributed by atoms with E-state index in [0.717, 1.165) is 51.4 Å². The van der Waals surface area contributed by atoms with Crippen LogP contribution in [0.25, 0.3) is 0 Å². The van der Waals surface area contributed by atoms with Crippen molar-refractivity contribution in [2.75, 3.05) is 13.2 Å². The number of rotatable bonds is 43. The van der Waals surface area contributed by atoms with Gasteiger partial charge in [0.25, 0.3) is 0 Å². The number of carboxylic acids is 6. The van der Waals surface area contributed by atoms with Crippen LogP contribution in [0.3, 0.4) is 0 Å². The number of hydrogen-bond acceptors (Lipinski definition) is 13. The summed E-state index contributed by atoms with van der Waals surface area (Å²) in [4.78, 5) is 132. The van der Waals surface area contributed by atoms with Crippen molar-refractivity contribution >= 4 is 65.4 Å². The summed E-state index contributed by atoms with van der Waals surface area (Å²) in [6.45, 7) is 4.05. The predicted molar refractivity (Wildman–Crippen MR) is 241 cm³/mol. The molecule has 0 saturated carbocycles. The molecular formula is C44H74N6O18. The van der Waals surface area contributed by atoms with Crippen LogP contribution < -0.4 is 31.9 Å². The highest BCUT2D eigenvalue weighted by molar-refractivity contribution is 5.88. The molecule has 0 rings (SSSR count). The number of hydrogen-bond donors (Lipinski definition) is 12. The summed E-state index contributed by atoms with van der Waals surface area (Å²) >= 11 is 0. The summed E-state index contributed by atoms with van der Waals surface area (Å²) in [5, 5.41) is 70.8. The maximum absolute atomic E-state index is 12.6. The zero-order chi connectivity index (χ0) is 51.4. The van der Waals surface area contributed by atoms with Crippen LogP contribution in [-0.2, 0) is 57.5 Å². The Morgan fingerprint density at radius 1 is 0.382 bits per heavy atom. The van der Waals surface area contributed by atoms with E-state index in [4.69, 9.17) is 9.84 Å². The zero-order valence-electron chi connectivity index (χ0n) is 39.2. The molecule has 6 atom stereocenters. The Balaban J connectivity index is 4.71. The van der Waals surface area contributed by atoms with Crippen LogP contribution in [0.4, 0.5) is 0 Å². The van der Waals surface area contributed by atoms with Gasteiger partial charge in [-0.25, -0.2) is 19.2 Å². The summed E-state index contributed by atoms with van der Waals surface area (Å²) in [6.07, 6.45) is 6.12. The molecule has 388 valence electrons. The first-order chi connectivity index (χ1) is 32.2. The van der Waals surface area contributed by atoms with Gasteiger partial charge in [-0.05, 0) is 71.6 Å². The third-order valence-electron chi connectivity index (χ3n) is 10.6. The molecule has 12 N–H and O–H groups in total. The fourth-order valence-electron chi connectivity index (χ4n) is 6.82. The second kappa shape index (κ2) is 37.1. The minimum Gasteiger partial charge on any atom is -0.481 e. The van der Waals surface area contributed by atoms with E-state index in [1.54, 1.807) is 13.8 Å². The van der Waals surface area contributed by atoms with Gasteiger partial charge >= 0.3 is 35.8 Å². The van der Waals surface area contributed by atoms with Gasteiger partial charge in [-0.1, -0.05) is 51.4 Å². The lowest BCUT2D eigenvalue weighted by Crippen LogP contribution is -2.45. The van der Waals surface area contributed by atoms with Crippen molar-refractivity contribution in [2.45, 2.75) is 198 Å². The lowest BCUT2D eigenvalue weighted by atomic mass is 10.0. The van der Waals surface area contributed by atoms with Crippen LogP contribution in [0.2, 0.25) is 0 Å². The number of carbonyl (C=O) groups is 11. The van der Waals surface area contributed by atoms with Crippen LogP contribution >= 0.6 is 0 Å². The number of amides is 5. The average molecular weight is 975 g/mol. The molecule has 5 amide bonds. The highest BCUT2D eigenvalue weighted by Crippen LogP contribution is 2.13. The summed E-state index contributed by atoms with van der Waals surface area (Å²) in [5.41, 5.74) is 0. The number of ether oxygens (including phenoxy) is 1. The molecule has 0 aromatic heterocycles. The SMILES string of the molecule is CCOC(C)N[C@@H](CCCCNC(=O)CC[C@H](NC(=O)CC[C@H](NC(=O)CC[C@H](NC(=O)CC[C@H](NC(=O)CCCCCCCCCCCCC(=O)O)C(=O)O)C(=O)O)C(=O)O)C(=O)O)C(=O)O. The number of nitrogens with one attached hydrogen (secondary N) is 6. The lowest BCUT2D eigenvalue weighted by Gasteiger charge is -2.20. The Hall–Kier alpha value is -5.91. The summed E-state index contributed by atoms with van der Waals surface area (Å²) in [6, 6.07) is -7.08. The Bertz CT molecular complexity index is 1630. The topological polar surface area (TPSA) is 391 Å². The van der Waals surface area contributed by atoms with E-state index in [-0.39, 0.29) is 45.1 Å². The maximum Gasteiger partial charge on any atom is 0.326 e.